The lowest BCUT2D eigenvalue weighted by Crippen LogP contribution is -2.22. The molecule has 0 saturated carbocycles. The average Bonchev–Trinajstić information content (AvgIpc) is 2.56. The van der Waals surface area contributed by atoms with Crippen LogP contribution in [0.4, 0.5) is 23.7 Å². The van der Waals surface area contributed by atoms with Crippen LogP contribution in [0.15, 0.2) is 41.3 Å². The largest absolute Gasteiger partial charge is 0.513 e. The lowest BCUT2D eigenvalue weighted by Gasteiger charge is -2.08. The summed E-state index contributed by atoms with van der Waals surface area (Å²) in [6.07, 6.45) is -4.92. The number of rotatable bonds is 5. The minimum Gasteiger partial charge on any atom is -0.434 e. The molecule has 2 aromatic rings. The molecule has 0 unspecified atom stereocenters. The van der Waals surface area contributed by atoms with E-state index in [0.717, 1.165) is 18.3 Å². The van der Waals surface area contributed by atoms with Gasteiger partial charge in [0.15, 0.2) is 0 Å². The summed E-state index contributed by atoms with van der Waals surface area (Å²) in [7, 11) is 0. The SMILES string of the molecule is O=C(OCCc1c[nH]c(=O)c(C(F)(F)F)c1)Oc1ccc([N+](=O)[O-])cc1. The van der Waals surface area contributed by atoms with Crippen LogP contribution in [0.25, 0.3) is 0 Å². The third-order valence-electron chi connectivity index (χ3n) is 3.13. The third kappa shape index (κ3) is 5.06. The number of aromatic amines is 1. The molecule has 0 saturated heterocycles. The molecule has 0 bridgehead atoms. The van der Waals surface area contributed by atoms with Gasteiger partial charge >= 0.3 is 12.3 Å². The van der Waals surface area contributed by atoms with Crippen molar-refractivity contribution in [3.8, 4) is 5.75 Å². The molecule has 11 heteroatoms. The Morgan fingerprint density at radius 1 is 1.23 bits per heavy atom. The maximum atomic E-state index is 12.6. The van der Waals surface area contributed by atoms with Gasteiger partial charge < -0.3 is 14.5 Å². The number of hydrogen-bond donors (Lipinski definition) is 1. The number of pyridine rings is 1. The van der Waals surface area contributed by atoms with Crippen LogP contribution in [-0.4, -0.2) is 22.7 Å². The molecular weight excluding hydrogens is 361 g/mol. The molecule has 0 amide bonds. The Kier molecular flexibility index (Phi) is 5.60. The Bertz CT molecular complexity index is 861. The van der Waals surface area contributed by atoms with Crippen molar-refractivity contribution < 1.29 is 32.4 Å². The van der Waals surface area contributed by atoms with Crippen LogP contribution < -0.4 is 10.3 Å². The minimum atomic E-state index is -4.79. The van der Waals surface area contributed by atoms with Gasteiger partial charge in [0.05, 0.1) is 11.5 Å². The summed E-state index contributed by atoms with van der Waals surface area (Å²) in [4.78, 5) is 34.5. The fourth-order valence-corrected chi connectivity index (χ4v) is 1.90. The van der Waals surface area contributed by atoms with Crippen molar-refractivity contribution in [3.05, 3.63) is 68.1 Å². The molecule has 138 valence electrons. The van der Waals surface area contributed by atoms with Crippen LogP contribution in [0.2, 0.25) is 0 Å². The van der Waals surface area contributed by atoms with Crippen molar-refractivity contribution in [1.29, 1.82) is 0 Å². The molecular formula is C15H11F3N2O6. The summed E-state index contributed by atoms with van der Waals surface area (Å²) in [5, 5.41) is 10.5. The fourth-order valence-electron chi connectivity index (χ4n) is 1.90. The normalized spacial score (nSPS) is 11.0. The zero-order chi connectivity index (χ0) is 19.3. The Morgan fingerprint density at radius 2 is 1.88 bits per heavy atom. The second-order valence-electron chi connectivity index (χ2n) is 4.95. The van der Waals surface area contributed by atoms with E-state index in [2.05, 4.69) is 0 Å². The second-order valence-corrected chi connectivity index (χ2v) is 4.95. The van der Waals surface area contributed by atoms with Gasteiger partial charge in [-0.3, -0.25) is 14.9 Å². The Hall–Kier alpha value is -3.37. The number of nitrogens with zero attached hydrogens (tertiary/aromatic N) is 1. The summed E-state index contributed by atoms with van der Waals surface area (Å²) in [6.45, 7) is -0.296. The van der Waals surface area contributed by atoms with Crippen LogP contribution in [0.3, 0.4) is 0 Å². The zero-order valence-corrected chi connectivity index (χ0v) is 12.9. The lowest BCUT2D eigenvalue weighted by atomic mass is 10.1. The Labute approximate surface area is 143 Å². The monoisotopic (exact) mass is 372 g/mol. The van der Waals surface area contributed by atoms with Crippen LogP contribution in [-0.2, 0) is 17.3 Å². The van der Waals surface area contributed by atoms with Crippen LogP contribution in [0.1, 0.15) is 11.1 Å². The number of carbonyl (C=O) groups excluding carboxylic acids is 1. The van der Waals surface area contributed by atoms with Crippen molar-refractivity contribution in [2.45, 2.75) is 12.6 Å². The summed E-state index contributed by atoms with van der Waals surface area (Å²) in [5.74, 6) is 0.00370. The molecule has 0 aliphatic carbocycles. The number of H-pyrrole nitrogens is 1. The average molecular weight is 372 g/mol. The predicted molar refractivity (Wildman–Crippen MR) is 80.8 cm³/mol. The molecule has 1 heterocycles. The highest BCUT2D eigenvalue weighted by Gasteiger charge is 2.34. The molecule has 0 radical (unpaired) electrons. The molecule has 0 aliphatic rings. The van der Waals surface area contributed by atoms with E-state index in [-0.39, 0.29) is 30.0 Å². The summed E-state index contributed by atoms with van der Waals surface area (Å²) >= 11 is 0. The number of halogens is 3. The van der Waals surface area contributed by atoms with Crippen molar-refractivity contribution in [2.24, 2.45) is 0 Å². The number of nitro benzene ring substituents is 1. The summed E-state index contributed by atoms with van der Waals surface area (Å²) in [6, 6.07) is 5.31. The molecule has 8 nitrogen and oxygen atoms in total. The van der Waals surface area contributed by atoms with Gasteiger partial charge in [-0.2, -0.15) is 13.2 Å². The van der Waals surface area contributed by atoms with Crippen LogP contribution in [0.5, 0.6) is 5.75 Å². The number of hydrogen-bond acceptors (Lipinski definition) is 6. The minimum absolute atomic E-state index is 0.00370. The van der Waals surface area contributed by atoms with Gasteiger partial charge in [0, 0.05) is 24.8 Å². The first-order valence-electron chi connectivity index (χ1n) is 7.04. The first kappa shape index (κ1) is 19.0. The number of nitro groups is 1. The van der Waals surface area contributed by atoms with Gasteiger partial charge in [-0.25, -0.2) is 4.79 Å². The van der Waals surface area contributed by atoms with E-state index in [1.54, 1.807) is 0 Å². The number of alkyl halides is 3. The number of benzene rings is 1. The van der Waals surface area contributed by atoms with Gasteiger partial charge in [0.25, 0.3) is 11.2 Å². The maximum Gasteiger partial charge on any atom is 0.513 e. The molecule has 0 spiro atoms. The number of nitrogens with one attached hydrogen (secondary N) is 1. The van der Waals surface area contributed by atoms with Gasteiger partial charge in [0.2, 0.25) is 0 Å². The number of carbonyl (C=O) groups is 1. The molecule has 0 aliphatic heterocycles. The zero-order valence-electron chi connectivity index (χ0n) is 12.9. The van der Waals surface area contributed by atoms with E-state index in [1.807, 2.05) is 4.98 Å². The highest BCUT2D eigenvalue weighted by molar-refractivity contribution is 5.64. The first-order chi connectivity index (χ1) is 12.2. The van der Waals surface area contributed by atoms with Gasteiger partial charge in [-0.05, 0) is 23.8 Å². The van der Waals surface area contributed by atoms with E-state index in [4.69, 9.17) is 9.47 Å². The van der Waals surface area contributed by atoms with Gasteiger partial charge in [-0.1, -0.05) is 0 Å². The lowest BCUT2D eigenvalue weighted by molar-refractivity contribution is -0.384. The van der Waals surface area contributed by atoms with E-state index < -0.39 is 28.4 Å². The number of aromatic nitrogens is 1. The molecule has 0 atom stereocenters. The summed E-state index contributed by atoms with van der Waals surface area (Å²) < 4.78 is 47.4. The number of non-ortho nitro benzene ring substituents is 1. The van der Waals surface area contributed by atoms with E-state index in [9.17, 15) is 32.9 Å². The maximum absolute atomic E-state index is 12.6. The van der Waals surface area contributed by atoms with Crippen molar-refractivity contribution in [2.75, 3.05) is 6.61 Å². The highest BCUT2D eigenvalue weighted by Crippen LogP contribution is 2.26. The molecule has 2 rings (SSSR count). The molecule has 1 aromatic heterocycles. The first-order valence-corrected chi connectivity index (χ1v) is 7.04. The number of ether oxygens (including phenoxy) is 2. The van der Waals surface area contributed by atoms with Crippen LogP contribution in [0, 0.1) is 10.1 Å². The fraction of sp³-hybridized carbons (Fsp3) is 0.200. The topological polar surface area (TPSA) is 112 Å². The Morgan fingerprint density at radius 3 is 2.46 bits per heavy atom. The Balaban J connectivity index is 1.88. The van der Waals surface area contributed by atoms with Gasteiger partial charge in [0.1, 0.15) is 11.3 Å². The van der Waals surface area contributed by atoms with E-state index in [1.165, 1.54) is 12.1 Å². The van der Waals surface area contributed by atoms with Crippen molar-refractivity contribution in [1.82, 2.24) is 4.98 Å². The van der Waals surface area contributed by atoms with Crippen molar-refractivity contribution in [3.63, 3.8) is 0 Å². The molecule has 1 N–H and O–H groups in total. The summed E-state index contributed by atoms with van der Waals surface area (Å²) in [5.41, 5.74) is -2.69. The third-order valence-corrected chi connectivity index (χ3v) is 3.13. The van der Waals surface area contributed by atoms with Crippen molar-refractivity contribution >= 4 is 11.8 Å². The predicted octanol–water partition coefficient (Wildman–Crippen LogP) is 3.06. The smallest absolute Gasteiger partial charge is 0.434 e. The molecule has 26 heavy (non-hydrogen) atoms. The van der Waals surface area contributed by atoms with E-state index >= 15 is 0 Å². The molecule has 0 fully saturated rings. The highest BCUT2D eigenvalue weighted by atomic mass is 19.4. The molecule has 1 aromatic carbocycles. The standard InChI is InChI=1S/C15H11F3N2O6/c16-15(17,18)12-7-9(8-19-13(12)21)5-6-25-14(22)26-11-3-1-10(2-4-11)20(23)24/h1-4,7-8H,5-6H2,(H,19,21). The quantitative estimate of drug-likeness (QED) is 0.374. The van der Waals surface area contributed by atoms with Gasteiger partial charge in [-0.15, -0.1) is 0 Å². The van der Waals surface area contributed by atoms with Crippen LogP contribution >= 0.6 is 0 Å². The second kappa shape index (κ2) is 7.68. The van der Waals surface area contributed by atoms with E-state index in [0.29, 0.717) is 6.07 Å².